The highest BCUT2D eigenvalue weighted by molar-refractivity contribution is 7.99. The Morgan fingerprint density at radius 3 is 2.84 bits per heavy atom. The van der Waals surface area contributed by atoms with Crippen molar-refractivity contribution < 1.29 is 18.7 Å². The van der Waals surface area contributed by atoms with Crippen LogP contribution < -0.4 is 5.32 Å². The first-order chi connectivity index (χ1) is 15.1. The molecule has 162 valence electrons. The molecule has 0 bridgehead atoms. The van der Waals surface area contributed by atoms with Gasteiger partial charge in [-0.25, -0.2) is 4.79 Å². The van der Waals surface area contributed by atoms with Gasteiger partial charge >= 0.3 is 5.97 Å². The van der Waals surface area contributed by atoms with Crippen LogP contribution in [0.2, 0.25) is 5.02 Å². The number of esters is 1. The van der Waals surface area contributed by atoms with Crippen LogP contribution >= 0.6 is 34.7 Å². The number of thioether (sulfide) groups is 1. The highest BCUT2D eigenvalue weighted by Gasteiger charge is 2.26. The Kier molecular flexibility index (Phi) is 6.94. The van der Waals surface area contributed by atoms with Gasteiger partial charge in [-0.1, -0.05) is 41.9 Å². The summed E-state index contributed by atoms with van der Waals surface area (Å²) < 4.78 is 10.6. The first-order valence-electron chi connectivity index (χ1n) is 9.80. The molecule has 0 saturated heterocycles. The molecule has 0 atom stereocenters. The Morgan fingerprint density at radius 1 is 1.23 bits per heavy atom. The molecule has 1 aliphatic carbocycles. The summed E-state index contributed by atoms with van der Waals surface area (Å²) >= 11 is 8.74. The number of ether oxygens (including phenoxy) is 1. The molecule has 0 saturated carbocycles. The number of carbonyl (C=O) groups is 2. The number of fused-ring (bicyclic) bond motifs is 1. The van der Waals surface area contributed by atoms with Crippen molar-refractivity contribution >= 4 is 51.6 Å². The molecular formula is C21H20ClN3O4S2. The van der Waals surface area contributed by atoms with Crippen molar-refractivity contribution in [2.45, 2.75) is 37.3 Å². The van der Waals surface area contributed by atoms with E-state index < -0.39 is 5.97 Å². The molecule has 0 aliphatic heterocycles. The van der Waals surface area contributed by atoms with Crippen LogP contribution in [0.1, 0.15) is 40.1 Å². The SMILES string of the molecule is COC(=O)c1c(NC(=O)CSc2nnc(-c3ccccc3Cl)o2)sc2c1CCCCC2. The molecule has 0 radical (unpaired) electrons. The van der Waals surface area contributed by atoms with Crippen LogP contribution in [0.4, 0.5) is 5.00 Å². The number of aryl methyl sites for hydroxylation is 1. The average Bonchev–Trinajstić information content (AvgIpc) is 3.30. The fraction of sp³-hybridized carbons (Fsp3) is 0.333. The van der Waals surface area contributed by atoms with E-state index in [2.05, 4.69) is 15.5 Å². The maximum atomic E-state index is 12.6. The summed E-state index contributed by atoms with van der Waals surface area (Å²) in [5, 5.41) is 12.2. The zero-order chi connectivity index (χ0) is 21.8. The molecule has 0 spiro atoms. The lowest BCUT2D eigenvalue weighted by atomic mass is 10.1. The maximum Gasteiger partial charge on any atom is 0.341 e. The number of rotatable bonds is 6. The second kappa shape index (κ2) is 9.84. The van der Waals surface area contributed by atoms with E-state index in [1.165, 1.54) is 18.4 Å². The largest absolute Gasteiger partial charge is 0.465 e. The van der Waals surface area contributed by atoms with Crippen LogP contribution in [0.25, 0.3) is 11.5 Å². The van der Waals surface area contributed by atoms with Gasteiger partial charge in [-0.2, -0.15) is 0 Å². The number of benzene rings is 1. The summed E-state index contributed by atoms with van der Waals surface area (Å²) in [5.41, 5.74) is 2.14. The predicted molar refractivity (Wildman–Crippen MR) is 121 cm³/mol. The van der Waals surface area contributed by atoms with Gasteiger partial charge in [0.25, 0.3) is 5.22 Å². The number of anilines is 1. The van der Waals surface area contributed by atoms with Gasteiger partial charge in [-0.3, -0.25) is 4.79 Å². The number of hydrogen-bond acceptors (Lipinski definition) is 8. The molecule has 2 heterocycles. The molecule has 1 amide bonds. The standard InChI is InChI=1S/C21H20ClN3O4S2/c1-28-20(27)17-13-8-3-2-4-10-15(13)31-19(17)23-16(26)11-30-21-25-24-18(29-21)12-7-5-6-9-14(12)22/h5-7,9H,2-4,8,10-11H2,1H3,(H,23,26). The number of amides is 1. The van der Waals surface area contributed by atoms with Crippen LogP contribution in [0.3, 0.4) is 0 Å². The van der Waals surface area contributed by atoms with Crippen LogP contribution in [0.5, 0.6) is 0 Å². The normalized spacial score (nSPS) is 13.4. The summed E-state index contributed by atoms with van der Waals surface area (Å²) in [6, 6.07) is 7.16. The van der Waals surface area contributed by atoms with Gasteiger partial charge in [0.05, 0.1) is 29.0 Å². The second-order valence-electron chi connectivity index (χ2n) is 6.95. The summed E-state index contributed by atoms with van der Waals surface area (Å²) in [7, 11) is 1.36. The van der Waals surface area contributed by atoms with E-state index in [1.54, 1.807) is 12.1 Å². The van der Waals surface area contributed by atoms with Gasteiger partial charge < -0.3 is 14.5 Å². The van der Waals surface area contributed by atoms with Crippen LogP contribution in [0.15, 0.2) is 33.9 Å². The lowest BCUT2D eigenvalue weighted by molar-refractivity contribution is -0.113. The summed E-state index contributed by atoms with van der Waals surface area (Å²) in [4.78, 5) is 26.1. The molecule has 4 rings (SSSR count). The van der Waals surface area contributed by atoms with Crippen molar-refractivity contribution in [2.75, 3.05) is 18.2 Å². The van der Waals surface area contributed by atoms with Crippen LogP contribution in [0, 0.1) is 0 Å². The minimum absolute atomic E-state index is 0.0628. The van der Waals surface area contributed by atoms with E-state index >= 15 is 0 Å². The van der Waals surface area contributed by atoms with Crippen molar-refractivity contribution in [1.82, 2.24) is 10.2 Å². The molecule has 1 aromatic carbocycles. The van der Waals surface area contributed by atoms with Gasteiger partial charge in [-0.05, 0) is 43.4 Å². The Hall–Kier alpha value is -2.36. The Labute approximate surface area is 192 Å². The lowest BCUT2D eigenvalue weighted by Gasteiger charge is -2.07. The van der Waals surface area contributed by atoms with Gasteiger partial charge in [-0.15, -0.1) is 21.5 Å². The van der Waals surface area contributed by atoms with Crippen molar-refractivity contribution in [3.8, 4) is 11.5 Å². The van der Waals surface area contributed by atoms with Gasteiger partial charge in [0.2, 0.25) is 11.8 Å². The first-order valence-corrected chi connectivity index (χ1v) is 12.0. The summed E-state index contributed by atoms with van der Waals surface area (Å²) in [6.45, 7) is 0. The number of halogens is 1. The third-order valence-electron chi connectivity index (χ3n) is 4.90. The zero-order valence-corrected chi connectivity index (χ0v) is 19.2. The topological polar surface area (TPSA) is 94.3 Å². The number of methoxy groups -OCH3 is 1. The Bertz CT molecular complexity index is 1110. The van der Waals surface area contributed by atoms with E-state index in [0.717, 1.165) is 54.3 Å². The Morgan fingerprint density at radius 2 is 2.03 bits per heavy atom. The quantitative estimate of drug-likeness (QED) is 0.295. The fourth-order valence-corrected chi connectivity index (χ4v) is 5.52. The molecular weight excluding hydrogens is 458 g/mol. The van der Waals surface area contributed by atoms with Gasteiger partial charge in [0.15, 0.2) is 0 Å². The third kappa shape index (κ3) is 4.94. The summed E-state index contributed by atoms with van der Waals surface area (Å²) in [5.74, 6) is -0.316. The number of thiophene rings is 1. The molecule has 7 nitrogen and oxygen atoms in total. The van der Waals surface area contributed by atoms with Crippen molar-refractivity contribution in [1.29, 1.82) is 0 Å². The maximum absolute atomic E-state index is 12.6. The predicted octanol–water partition coefficient (Wildman–Crippen LogP) is 5.24. The van der Waals surface area contributed by atoms with E-state index in [4.69, 9.17) is 20.8 Å². The minimum atomic E-state index is -0.413. The fourth-order valence-electron chi connectivity index (χ4n) is 3.45. The molecule has 1 aliphatic rings. The molecule has 10 heteroatoms. The van der Waals surface area contributed by atoms with E-state index in [9.17, 15) is 9.59 Å². The first kappa shape index (κ1) is 21.9. The summed E-state index contributed by atoms with van der Waals surface area (Å²) in [6.07, 6.45) is 5.00. The minimum Gasteiger partial charge on any atom is -0.465 e. The molecule has 2 aromatic heterocycles. The van der Waals surface area contributed by atoms with Crippen molar-refractivity contribution in [3.05, 3.63) is 45.3 Å². The van der Waals surface area contributed by atoms with Gasteiger partial charge in [0.1, 0.15) is 5.00 Å². The monoisotopic (exact) mass is 477 g/mol. The number of hydrogen-bond donors (Lipinski definition) is 1. The highest BCUT2D eigenvalue weighted by Crippen LogP contribution is 2.38. The number of nitrogens with one attached hydrogen (secondary N) is 1. The molecule has 0 unspecified atom stereocenters. The molecule has 0 fully saturated rings. The average molecular weight is 478 g/mol. The van der Waals surface area contributed by atoms with Crippen molar-refractivity contribution in [3.63, 3.8) is 0 Å². The molecule has 1 N–H and O–H groups in total. The second-order valence-corrected chi connectivity index (χ2v) is 9.39. The third-order valence-corrected chi connectivity index (χ3v) is 7.26. The highest BCUT2D eigenvalue weighted by atomic mass is 35.5. The van der Waals surface area contributed by atoms with Crippen molar-refractivity contribution in [2.24, 2.45) is 0 Å². The van der Waals surface area contributed by atoms with Crippen LogP contribution in [-0.4, -0.2) is 34.9 Å². The van der Waals surface area contributed by atoms with Crippen LogP contribution in [-0.2, 0) is 22.4 Å². The van der Waals surface area contributed by atoms with Gasteiger partial charge in [0, 0.05) is 4.88 Å². The smallest absolute Gasteiger partial charge is 0.341 e. The number of carbonyl (C=O) groups excluding carboxylic acids is 2. The Balaban J connectivity index is 1.44. The van der Waals surface area contributed by atoms with E-state index in [-0.39, 0.29) is 16.9 Å². The van der Waals surface area contributed by atoms with E-state index in [1.807, 2.05) is 12.1 Å². The lowest BCUT2D eigenvalue weighted by Crippen LogP contribution is -2.16. The zero-order valence-electron chi connectivity index (χ0n) is 16.8. The number of aromatic nitrogens is 2. The molecule has 3 aromatic rings. The molecule has 31 heavy (non-hydrogen) atoms. The van der Waals surface area contributed by atoms with E-state index in [0.29, 0.717) is 27.0 Å². The number of nitrogens with zero attached hydrogens (tertiary/aromatic N) is 2.